The van der Waals surface area contributed by atoms with Gasteiger partial charge in [0.25, 0.3) is 0 Å². The average molecular weight is 277 g/mol. The van der Waals surface area contributed by atoms with Gasteiger partial charge < -0.3 is 15.7 Å². The first kappa shape index (κ1) is 13.2. The molecule has 2 rings (SSSR count). The second-order valence-electron chi connectivity index (χ2n) is 3.88. The van der Waals surface area contributed by atoms with E-state index >= 15 is 0 Å². The zero-order valence-corrected chi connectivity index (χ0v) is 10.8. The van der Waals surface area contributed by atoms with Crippen LogP contribution in [-0.4, -0.2) is 11.0 Å². The van der Waals surface area contributed by atoms with Gasteiger partial charge in [-0.05, 0) is 24.3 Å². The third-order valence-electron chi connectivity index (χ3n) is 2.61. The van der Waals surface area contributed by atoms with E-state index in [1.54, 1.807) is 30.3 Å². The summed E-state index contributed by atoms with van der Waals surface area (Å²) in [5, 5.41) is 12.4. The number of nitrogens with two attached hydrogens (primary N) is 1. The van der Waals surface area contributed by atoms with Crippen LogP contribution in [0.15, 0.2) is 53.7 Å². The molecule has 0 unspecified atom stereocenters. The van der Waals surface area contributed by atoms with E-state index in [-0.39, 0.29) is 5.84 Å². The molecular weight excluding hydrogens is 264 g/mol. The number of benzene rings is 2. The molecule has 0 aliphatic heterocycles. The summed E-state index contributed by atoms with van der Waals surface area (Å²) in [6.07, 6.45) is 0. The second kappa shape index (κ2) is 6.11. The summed E-state index contributed by atoms with van der Waals surface area (Å²) < 4.78 is 5.63. The fourth-order valence-electron chi connectivity index (χ4n) is 1.64. The van der Waals surface area contributed by atoms with E-state index in [0.717, 1.165) is 5.56 Å². The molecule has 19 heavy (non-hydrogen) atoms. The molecule has 3 N–H and O–H groups in total. The number of ether oxygens (including phenoxy) is 1. The van der Waals surface area contributed by atoms with Crippen LogP contribution in [0, 0.1) is 0 Å². The normalized spacial score (nSPS) is 11.3. The maximum absolute atomic E-state index is 8.74. The molecule has 0 bridgehead atoms. The highest BCUT2D eigenvalue weighted by molar-refractivity contribution is 6.30. The number of hydrogen-bond donors (Lipinski definition) is 2. The van der Waals surface area contributed by atoms with Gasteiger partial charge in [0.1, 0.15) is 12.4 Å². The smallest absolute Gasteiger partial charge is 0.170 e. The molecule has 2 aromatic carbocycles. The summed E-state index contributed by atoms with van der Waals surface area (Å²) in [5.41, 5.74) is 7.10. The van der Waals surface area contributed by atoms with E-state index in [9.17, 15) is 0 Å². The number of halogens is 1. The highest BCUT2D eigenvalue weighted by atomic mass is 35.5. The lowest BCUT2D eigenvalue weighted by Gasteiger charge is -2.10. The van der Waals surface area contributed by atoms with Crippen molar-refractivity contribution < 1.29 is 9.94 Å². The Kier molecular flexibility index (Phi) is 4.26. The largest absolute Gasteiger partial charge is 0.489 e. The predicted octanol–water partition coefficient (Wildman–Crippen LogP) is 3.01. The van der Waals surface area contributed by atoms with E-state index < -0.39 is 0 Å². The van der Waals surface area contributed by atoms with E-state index in [0.29, 0.717) is 22.9 Å². The van der Waals surface area contributed by atoms with Gasteiger partial charge in [0, 0.05) is 16.1 Å². The molecule has 0 aromatic heterocycles. The number of oxime groups is 1. The van der Waals surface area contributed by atoms with E-state index in [4.69, 9.17) is 27.3 Å². The molecular formula is C14H13ClN2O2. The van der Waals surface area contributed by atoms with Crippen molar-refractivity contribution in [2.75, 3.05) is 0 Å². The first-order chi connectivity index (χ1) is 9.20. The van der Waals surface area contributed by atoms with Crippen LogP contribution in [0.1, 0.15) is 11.1 Å². The number of amidine groups is 1. The van der Waals surface area contributed by atoms with Crippen molar-refractivity contribution in [1.29, 1.82) is 0 Å². The molecule has 98 valence electrons. The SMILES string of the molecule is N/C(=N\O)c1ccccc1COc1ccc(Cl)cc1. The van der Waals surface area contributed by atoms with Gasteiger partial charge in [-0.1, -0.05) is 41.0 Å². The standard InChI is InChI=1S/C14H13ClN2O2/c15-11-5-7-12(8-6-11)19-9-10-3-1-2-4-13(10)14(16)17-18/h1-8,18H,9H2,(H2,16,17). The minimum Gasteiger partial charge on any atom is -0.489 e. The van der Waals surface area contributed by atoms with Gasteiger partial charge in [-0.15, -0.1) is 0 Å². The molecule has 0 aliphatic rings. The Labute approximate surface area is 116 Å². The van der Waals surface area contributed by atoms with Gasteiger partial charge in [0.2, 0.25) is 0 Å². The molecule has 0 heterocycles. The zero-order chi connectivity index (χ0) is 13.7. The molecule has 0 amide bonds. The van der Waals surface area contributed by atoms with Crippen LogP contribution in [0.25, 0.3) is 0 Å². The maximum Gasteiger partial charge on any atom is 0.170 e. The van der Waals surface area contributed by atoms with Gasteiger partial charge in [-0.2, -0.15) is 0 Å². The maximum atomic E-state index is 8.74. The fourth-order valence-corrected chi connectivity index (χ4v) is 1.77. The molecule has 0 spiro atoms. The Hall–Kier alpha value is -2.20. The quantitative estimate of drug-likeness (QED) is 0.390. The van der Waals surface area contributed by atoms with Crippen molar-refractivity contribution in [3.8, 4) is 5.75 Å². The summed E-state index contributed by atoms with van der Waals surface area (Å²) in [7, 11) is 0. The van der Waals surface area contributed by atoms with Crippen LogP contribution in [0.2, 0.25) is 5.02 Å². The fraction of sp³-hybridized carbons (Fsp3) is 0.0714. The summed E-state index contributed by atoms with van der Waals surface area (Å²) >= 11 is 5.80. The van der Waals surface area contributed by atoms with Crippen LogP contribution in [0.4, 0.5) is 0 Å². The summed E-state index contributed by atoms with van der Waals surface area (Å²) in [5.74, 6) is 0.772. The van der Waals surface area contributed by atoms with E-state index in [1.165, 1.54) is 0 Å². The highest BCUT2D eigenvalue weighted by Crippen LogP contribution is 2.18. The Morgan fingerprint density at radius 2 is 1.84 bits per heavy atom. The van der Waals surface area contributed by atoms with E-state index in [1.807, 2.05) is 18.2 Å². The second-order valence-corrected chi connectivity index (χ2v) is 4.32. The van der Waals surface area contributed by atoms with Gasteiger partial charge in [-0.3, -0.25) is 0 Å². The lowest BCUT2D eigenvalue weighted by atomic mass is 10.1. The number of rotatable bonds is 4. The molecule has 0 aliphatic carbocycles. The van der Waals surface area contributed by atoms with Crippen molar-refractivity contribution >= 4 is 17.4 Å². The van der Waals surface area contributed by atoms with Crippen molar-refractivity contribution in [2.45, 2.75) is 6.61 Å². The Morgan fingerprint density at radius 3 is 2.53 bits per heavy atom. The number of hydrogen-bond acceptors (Lipinski definition) is 3. The third-order valence-corrected chi connectivity index (χ3v) is 2.86. The van der Waals surface area contributed by atoms with Crippen LogP contribution in [0.5, 0.6) is 5.75 Å². The van der Waals surface area contributed by atoms with Crippen LogP contribution < -0.4 is 10.5 Å². The first-order valence-electron chi connectivity index (χ1n) is 5.65. The molecule has 5 heteroatoms. The first-order valence-corrected chi connectivity index (χ1v) is 6.02. The number of nitrogens with zero attached hydrogens (tertiary/aromatic N) is 1. The van der Waals surface area contributed by atoms with Crippen molar-refractivity contribution in [1.82, 2.24) is 0 Å². The van der Waals surface area contributed by atoms with Crippen LogP contribution in [0.3, 0.4) is 0 Å². The van der Waals surface area contributed by atoms with Gasteiger partial charge in [0.15, 0.2) is 5.84 Å². The third kappa shape index (κ3) is 3.39. The Bertz CT molecular complexity index is 582. The lowest BCUT2D eigenvalue weighted by Crippen LogP contribution is -2.16. The predicted molar refractivity (Wildman–Crippen MR) is 74.7 cm³/mol. The summed E-state index contributed by atoms with van der Waals surface area (Å²) in [4.78, 5) is 0. The zero-order valence-electron chi connectivity index (χ0n) is 10.1. The minimum atomic E-state index is 0.0651. The van der Waals surface area contributed by atoms with Crippen molar-refractivity contribution in [2.24, 2.45) is 10.9 Å². The average Bonchev–Trinajstić information content (AvgIpc) is 2.46. The molecule has 0 saturated heterocycles. The van der Waals surface area contributed by atoms with Crippen molar-refractivity contribution in [3.05, 3.63) is 64.7 Å². The van der Waals surface area contributed by atoms with Crippen molar-refractivity contribution in [3.63, 3.8) is 0 Å². The van der Waals surface area contributed by atoms with Crippen LogP contribution in [-0.2, 0) is 6.61 Å². The Balaban J connectivity index is 2.13. The van der Waals surface area contributed by atoms with Gasteiger partial charge in [0.05, 0.1) is 0 Å². The summed E-state index contributed by atoms with van der Waals surface area (Å²) in [6, 6.07) is 14.4. The molecule has 0 radical (unpaired) electrons. The summed E-state index contributed by atoms with van der Waals surface area (Å²) in [6.45, 7) is 0.327. The topological polar surface area (TPSA) is 67.8 Å². The van der Waals surface area contributed by atoms with Gasteiger partial charge >= 0.3 is 0 Å². The minimum absolute atomic E-state index is 0.0651. The van der Waals surface area contributed by atoms with Gasteiger partial charge in [-0.25, -0.2) is 0 Å². The monoisotopic (exact) mass is 276 g/mol. The molecule has 0 saturated carbocycles. The van der Waals surface area contributed by atoms with Crippen LogP contribution >= 0.6 is 11.6 Å². The molecule has 2 aromatic rings. The lowest BCUT2D eigenvalue weighted by molar-refractivity contribution is 0.305. The molecule has 4 nitrogen and oxygen atoms in total. The Morgan fingerprint density at radius 1 is 1.16 bits per heavy atom. The highest BCUT2D eigenvalue weighted by Gasteiger charge is 2.06. The molecule has 0 atom stereocenters. The molecule has 0 fully saturated rings. The van der Waals surface area contributed by atoms with E-state index in [2.05, 4.69) is 5.16 Å².